The van der Waals surface area contributed by atoms with Crippen molar-refractivity contribution in [3.8, 4) is 0 Å². The van der Waals surface area contributed by atoms with E-state index in [1.165, 1.54) is 44.2 Å². The van der Waals surface area contributed by atoms with Crippen LogP contribution in [0, 0.1) is 5.92 Å². The minimum absolute atomic E-state index is 0.457. The lowest BCUT2D eigenvalue weighted by molar-refractivity contribution is 0.241. The Morgan fingerprint density at radius 3 is 2.76 bits per heavy atom. The highest BCUT2D eigenvalue weighted by molar-refractivity contribution is 7.07. The molecule has 0 saturated heterocycles. The zero-order valence-corrected chi connectivity index (χ0v) is 11.2. The quantitative estimate of drug-likeness (QED) is 0.806. The minimum atomic E-state index is 0.457. The van der Waals surface area contributed by atoms with Gasteiger partial charge in [-0.25, -0.2) is 0 Å². The molecule has 94 valence electrons. The van der Waals surface area contributed by atoms with E-state index in [0.717, 1.165) is 18.5 Å². The average molecular weight is 250 g/mol. The normalized spacial score (nSPS) is 22.0. The van der Waals surface area contributed by atoms with Gasteiger partial charge in [0.2, 0.25) is 0 Å². The Bertz CT molecular complexity index is 341. The topological polar surface area (TPSA) is 29.3 Å². The van der Waals surface area contributed by atoms with Gasteiger partial charge in [-0.2, -0.15) is 11.3 Å². The second-order valence-electron chi connectivity index (χ2n) is 5.62. The van der Waals surface area contributed by atoms with Gasteiger partial charge in [0.15, 0.2) is 0 Å². The molecule has 1 atom stereocenters. The molecule has 0 aliphatic heterocycles. The number of rotatable bonds is 7. The first-order valence-electron chi connectivity index (χ1n) is 6.83. The van der Waals surface area contributed by atoms with E-state index in [9.17, 15) is 0 Å². The Kier molecular flexibility index (Phi) is 3.50. The molecular formula is C14H22N2S. The van der Waals surface area contributed by atoms with Gasteiger partial charge in [-0.15, -0.1) is 0 Å². The summed E-state index contributed by atoms with van der Waals surface area (Å²) in [5.41, 5.74) is 7.67. The third kappa shape index (κ3) is 3.30. The Balaban J connectivity index is 1.49. The molecular weight excluding hydrogens is 228 g/mol. The summed E-state index contributed by atoms with van der Waals surface area (Å²) in [6, 6.07) is 3.56. The van der Waals surface area contributed by atoms with Crippen LogP contribution in [-0.2, 0) is 6.54 Å². The van der Waals surface area contributed by atoms with Gasteiger partial charge in [0.25, 0.3) is 0 Å². The molecule has 0 spiro atoms. The molecule has 0 radical (unpaired) electrons. The van der Waals surface area contributed by atoms with E-state index in [1.54, 1.807) is 11.3 Å². The van der Waals surface area contributed by atoms with Crippen molar-refractivity contribution in [3.63, 3.8) is 0 Å². The molecule has 1 aromatic rings. The molecule has 17 heavy (non-hydrogen) atoms. The SMILES string of the molecule is NC(CCN(Cc1ccsc1)C1CC1)C1CC1. The molecule has 1 unspecified atom stereocenters. The Hall–Kier alpha value is -0.380. The average Bonchev–Trinajstić information content (AvgIpc) is 3.23. The largest absolute Gasteiger partial charge is 0.327 e. The molecule has 3 heteroatoms. The second kappa shape index (κ2) is 5.09. The summed E-state index contributed by atoms with van der Waals surface area (Å²) in [7, 11) is 0. The van der Waals surface area contributed by atoms with Crippen LogP contribution in [-0.4, -0.2) is 23.5 Å². The number of nitrogens with two attached hydrogens (primary N) is 1. The van der Waals surface area contributed by atoms with E-state index in [0.29, 0.717) is 6.04 Å². The summed E-state index contributed by atoms with van der Waals surface area (Å²) in [5.74, 6) is 0.845. The zero-order chi connectivity index (χ0) is 11.7. The molecule has 2 aliphatic rings. The molecule has 2 saturated carbocycles. The van der Waals surface area contributed by atoms with Gasteiger partial charge in [0.1, 0.15) is 0 Å². The summed E-state index contributed by atoms with van der Waals surface area (Å²) in [6.45, 7) is 2.32. The van der Waals surface area contributed by atoms with E-state index < -0.39 is 0 Å². The van der Waals surface area contributed by atoms with Crippen molar-refractivity contribution in [2.45, 2.75) is 50.7 Å². The first-order valence-corrected chi connectivity index (χ1v) is 7.78. The van der Waals surface area contributed by atoms with E-state index in [4.69, 9.17) is 5.73 Å². The molecule has 3 rings (SSSR count). The fraction of sp³-hybridized carbons (Fsp3) is 0.714. The predicted octanol–water partition coefficient (Wildman–Crippen LogP) is 2.84. The second-order valence-corrected chi connectivity index (χ2v) is 6.40. The zero-order valence-electron chi connectivity index (χ0n) is 10.3. The van der Waals surface area contributed by atoms with Crippen molar-refractivity contribution in [1.82, 2.24) is 4.90 Å². The molecule has 0 amide bonds. The number of hydrogen-bond acceptors (Lipinski definition) is 3. The summed E-state index contributed by atoms with van der Waals surface area (Å²) < 4.78 is 0. The smallest absolute Gasteiger partial charge is 0.0244 e. The van der Waals surface area contributed by atoms with Crippen LogP contribution in [0.1, 0.15) is 37.7 Å². The van der Waals surface area contributed by atoms with Gasteiger partial charge in [-0.05, 0) is 60.4 Å². The highest BCUT2D eigenvalue weighted by Crippen LogP contribution is 2.34. The van der Waals surface area contributed by atoms with E-state index in [1.807, 2.05) is 0 Å². The van der Waals surface area contributed by atoms with Gasteiger partial charge in [-0.3, -0.25) is 4.90 Å². The van der Waals surface area contributed by atoms with Crippen molar-refractivity contribution >= 4 is 11.3 Å². The number of hydrogen-bond donors (Lipinski definition) is 1. The van der Waals surface area contributed by atoms with Gasteiger partial charge in [-0.1, -0.05) is 0 Å². The van der Waals surface area contributed by atoms with Crippen molar-refractivity contribution in [3.05, 3.63) is 22.4 Å². The van der Waals surface area contributed by atoms with E-state index >= 15 is 0 Å². The van der Waals surface area contributed by atoms with E-state index in [2.05, 4.69) is 21.7 Å². The third-order valence-electron chi connectivity index (χ3n) is 4.01. The first kappa shape index (κ1) is 11.7. The summed E-state index contributed by atoms with van der Waals surface area (Å²) in [6.07, 6.45) is 6.71. The molecule has 2 nitrogen and oxygen atoms in total. The van der Waals surface area contributed by atoms with Crippen molar-refractivity contribution in [2.75, 3.05) is 6.54 Å². The maximum absolute atomic E-state index is 6.20. The lowest BCUT2D eigenvalue weighted by Crippen LogP contribution is -2.32. The predicted molar refractivity (Wildman–Crippen MR) is 73.1 cm³/mol. The van der Waals surface area contributed by atoms with Crippen molar-refractivity contribution < 1.29 is 0 Å². The Morgan fingerprint density at radius 2 is 2.18 bits per heavy atom. The third-order valence-corrected chi connectivity index (χ3v) is 4.74. The standard InChI is InChI=1S/C14H22N2S/c15-14(12-1-2-12)5-7-16(13-3-4-13)9-11-6-8-17-10-11/h6,8,10,12-14H,1-5,7,9,15H2. The molecule has 1 aromatic heterocycles. The molecule has 0 aromatic carbocycles. The first-order chi connectivity index (χ1) is 8.33. The van der Waals surface area contributed by atoms with Crippen LogP contribution in [0.5, 0.6) is 0 Å². The molecule has 1 heterocycles. The maximum Gasteiger partial charge on any atom is 0.0244 e. The highest BCUT2D eigenvalue weighted by Gasteiger charge is 2.32. The highest BCUT2D eigenvalue weighted by atomic mass is 32.1. The summed E-state index contributed by atoms with van der Waals surface area (Å²) in [4.78, 5) is 2.64. The van der Waals surface area contributed by atoms with Crippen LogP contribution in [0.15, 0.2) is 16.8 Å². The lowest BCUT2D eigenvalue weighted by Gasteiger charge is -2.23. The maximum atomic E-state index is 6.20. The van der Waals surface area contributed by atoms with Gasteiger partial charge in [0.05, 0.1) is 0 Å². The summed E-state index contributed by atoms with van der Waals surface area (Å²) in [5, 5.41) is 4.45. The van der Waals surface area contributed by atoms with Gasteiger partial charge >= 0.3 is 0 Å². The van der Waals surface area contributed by atoms with Crippen LogP contribution < -0.4 is 5.73 Å². The Morgan fingerprint density at radius 1 is 1.35 bits per heavy atom. The molecule has 2 N–H and O–H groups in total. The molecule has 2 aliphatic carbocycles. The molecule has 2 fully saturated rings. The number of nitrogens with zero attached hydrogens (tertiary/aromatic N) is 1. The Labute approximate surface area is 108 Å². The van der Waals surface area contributed by atoms with Crippen molar-refractivity contribution in [1.29, 1.82) is 0 Å². The monoisotopic (exact) mass is 250 g/mol. The number of thiophene rings is 1. The fourth-order valence-electron chi connectivity index (χ4n) is 2.52. The minimum Gasteiger partial charge on any atom is -0.327 e. The van der Waals surface area contributed by atoms with Crippen molar-refractivity contribution in [2.24, 2.45) is 11.7 Å². The van der Waals surface area contributed by atoms with Crippen LogP contribution in [0.2, 0.25) is 0 Å². The van der Waals surface area contributed by atoms with Gasteiger partial charge < -0.3 is 5.73 Å². The fourth-order valence-corrected chi connectivity index (χ4v) is 3.18. The van der Waals surface area contributed by atoms with Crippen LogP contribution >= 0.6 is 11.3 Å². The summed E-state index contributed by atoms with van der Waals surface area (Å²) >= 11 is 1.80. The lowest BCUT2D eigenvalue weighted by atomic mass is 10.1. The van der Waals surface area contributed by atoms with Crippen LogP contribution in [0.4, 0.5) is 0 Å². The molecule has 0 bridgehead atoms. The van der Waals surface area contributed by atoms with Crippen LogP contribution in [0.3, 0.4) is 0 Å². The van der Waals surface area contributed by atoms with E-state index in [-0.39, 0.29) is 0 Å². The van der Waals surface area contributed by atoms with Gasteiger partial charge in [0, 0.05) is 25.2 Å². The van der Waals surface area contributed by atoms with Crippen LogP contribution in [0.25, 0.3) is 0 Å².